The van der Waals surface area contributed by atoms with Crippen LogP contribution in [0.15, 0.2) is 77.6 Å². The molecule has 0 unspecified atom stereocenters. The lowest BCUT2D eigenvalue weighted by atomic mass is 10.0. The zero-order valence-electron chi connectivity index (χ0n) is 22.4. The van der Waals surface area contributed by atoms with Crippen molar-refractivity contribution in [1.82, 2.24) is 30.1 Å². The number of piperazine rings is 1. The molecule has 3 aromatic carbocycles. The first-order chi connectivity index (χ1) is 19.5. The van der Waals surface area contributed by atoms with E-state index in [9.17, 15) is 9.18 Å². The molecule has 204 valence electrons. The number of H-pyrrole nitrogens is 1. The van der Waals surface area contributed by atoms with Crippen LogP contribution in [0.4, 0.5) is 10.1 Å². The minimum Gasteiger partial charge on any atom is -0.497 e. The first-order valence-corrected chi connectivity index (χ1v) is 13.3. The highest BCUT2D eigenvalue weighted by Crippen LogP contribution is 2.30. The van der Waals surface area contributed by atoms with Gasteiger partial charge in [-0.1, -0.05) is 42.5 Å². The Bertz CT molecular complexity index is 1690. The van der Waals surface area contributed by atoms with Crippen molar-refractivity contribution >= 4 is 16.6 Å². The molecule has 0 aliphatic carbocycles. The molecule has 1 atom stereocenters. The fraction of sp³-hybridized carbons (Fsp3) is 0.267. The molecule has 1 fully saturated rings. The highest BCUT2D eigenvalue weighted by Gasteiger charge is 2.33. The number of para-hydroxylation sites is 2. The van der Waals surface area contributed by atoms with Gasteiger partial charge in [-0.25, -0.2) is 9.07 Å². The summed E-state index contributed by atoms with van der Waals surface area (Å²) in [5.74, 6) is 1.11. The van der Waals surface area contributed by atoms with Crippen LogP contribution in [0, 0.1) is 12.7 Å². The number of rotatable bonds is 7. The number of hydrogen-bond donors (Lipinski definition) is 1. The number of aromatic amines is 1. The van der Waals surface area contributed by atoms with Crippen LogP contribution in [-0.4, -0.2) is 63.4 Å². The lowest BCUT2D eigenvalue weighted by Crippen LogP contribution is -2.49. The van der Waals surface area contributed by atoms with E-state index >= 15 is 0 Å². The van der Waals surface area contributed by atoms with Crippen LogP contribution in [0.5, 0.6) is 5.75 Å². The number of benzene rings is 3. The van der Waals surface area contributed by atoms with Crippen LogP contribution in [0.1, 0.15) is 28.6 Å². The molecule has 5 aromatic rings. The summed E-state index contributed by atoms with van der Waals surface area (Å²) in [4.78, 5) is 20.9. The van der Waals surface area contributed by atoms with E-state index in [0.717, 1.165) is 27.8 Å². The Kier molecular flexibility index (Phi) is 7.00. The predicted molar refractivity (Wildman–Crippen MR) is 151 cm³/mol. The molecule has 0 bridgehead atoms. The summed E-state index contributed by atoms with van der Waals surface area (Å²) >= 11 is 0. The van der Waals surface area contributed by atoms with E-state index in [1.54, 1.807) is 23.9 Å². The molecule has 1 saturated heterocycles. The van der Waals surface area contributed by atoms with Crippen LogP contribution in [0.3, 0.4) is 0 Å². The van der Waals surface area contributed by atoms with Crippen molar-refractivity contribution in [3.8, 4) is 5.75 Å². The number of hydrogen-bond acceptors (Lipinski definition) is 7. The highest BCUT2D eigenvalue weighted by atomic mass is 19.1. The van der Waals surface area contributed by atoms with Gasteiger partial charge in [0.1, 0.15) is 17.6 Å². The maximum absolute atomic E-state index is 14.5. The molecule has 9 nitrogen and oxygen atoms in total. The predicted octanol–water partition coefficient (Wildman–Crippen LogP) is 3.93. The number of anilines is 1. The molecular formula is C30H30FN7O2. The highest BCUT2D eigenvalue weighted by molar-refractivity contribution is 5.82. The second-order valence-corrected chi connectivity index (χ2v) is 10.0. The molecule has 10 heteroatoms. The van der Waals surface area contributed by atoms with Gasteiger partial charge in [-0.3, -0.25) is 9.69 Å². The molecule has 0 amide bonds. The SMILES string of the molecule is COc1ccc(Cn2nnnc2[C@H](c2cc3cccc(C)c3[nH]c2=O)N2CCN(c3ccccc3F)CC2)cc1. The van der Waals surface area contributed by atoms with E-state index in [4.69, 9.17) is 4.74 Å². The first kappa shape index (κ1) is 25.7. The van der Waals surface area contributed by atoms with E-state index in [-0.39, 0.29) is 11.4 Å². The van der Waals surface area contributed by atoms with Gasteiger partial charge in [-0.2, -0.15) is 0 Å². The largest absolute Gasteiger partial charge is 0.497 e. The summed E-state index contributed by atoms with van der Waals surface area (Å²) in [5.41, 5.74) is 3.80. The number of aromatic nitrogens is 5. The number of nitrogens with one attached hydrogen (secondary N) is 1. The van der Waals surface area contributed by atoms with Crippen molar-refractivity contribution in [2.24, 2.45) is 0 Å². The molecule has 0 radical (unpaired) electrons. The minimum atomic E-state index is -0.496. The summed E-state index contributed by atoms with van der Waals surface area (Å²) in [6.07, 6.45) is 0. The van der Waals surface area contributed by atoms with E-state index in [2.05, 4.69) is 25.4 Å². The third kappa shape index (κ3) is 4.93. The van der Waals surface area contributed by atoms with E-state index in [1.807, 2.05) is 66.4 Å². The molecule has 1 N–H and O–H groups in total. The molecule has 6 rings (SSSR count). The molecule has 3 heterocycles. The Morgan fingerprint density at radius 1 is 1.00 bits per heavy atom. The standard InChI is InChI=1S/C30H30FN7O2/c1-20-6-5-7-22-18-24(30(39)32-27(20)22)28(37-16-14-36(15-17-37)26-9-4-3-8-25(26)31)29-33-34-35-38(29)19-21-10-12-23(40-2)13-11-21/h3-13,18,28H,14-17,19H2,1-2H3,(H,32,39)/t28-/m0/s1. The average Bonchev–Trinajstić information content (AvgIpc) is 3.42. The van der Waals surface area contributed by atoms with Gasteiger partial charge < -0.3 is 14.6 Å². The van der Waals surface area contributed by atoms with Crippen LogP contribution >= 0.6 is 0 Å². The van der Waals surface area contributed by atoms with Gasteiger partial charge in [-0.15, -0.1) is 5.10 Å². The second kappa shape index (κ2) is 10.9. The van der Waals surface area contributed by atoms with Crippen LogP contribution < -0.4 is 15.2 Å². The lowest BCUT2D eigenvalue weighted by molar-refractivity contribution is 0.200. The Morgan fingerprint density at radius 3 is 2.52 bits per heavy atom. The summed E-state index contributed by atoms with van der Waals surface area (Å²) in [5, 5.41) is 13.7. The van der Waals surface area contributed by atoms with E-state index < -0.39 is 6.04 Å². The zero-order valence-corrected chi connectivity index (χ0v) is 22.4. The molecule has 40 heavy (non-hydrogen) atoms. The van der Waals surface area contributed by atoms with Gasteiger partial charge in [0.2, 0.25) is 0 Å². The fourth-order valence-electron chi connectivity index (χ4n) is 5.46. The number of halogens is 1. The number of tetrazole rings is 1. The number of aryl methyl sites for hydroxylation is 1. The normalized spacial score (nSPS) is 14.9. The van der Waals surface area contributed by atoms with Crippen LogP contribution in [0.2, 0.25) is 0 Å². The number of methoxy groups -OCH3 is 1. The van der Waals surface area contributed by atoms with Crippen molar-refractivity contribution in [3.63, 3.8) is 0 Å². The van der Waals surface area contributed by atoms with Gasteiger partial charge >= 0.3 is 0 Å². The monoisotopic (exact) mass is 539 g/mol. The fourth-order valence-corrected chi connectivity index (χ4v) is 5.46. The van der Waals surface area contributed by atoms with Crippen molar-refractivity contribution < 1.29 is 9.13 Å². The molecule has 0 spiro atoms. The van der Waals surface area contributed by atoms with Gasteiger partial charge in [0, 0.05) is 31.7 Å². The second-order valence-electron chi connectivity index (χ2n) is 10.0. The molecule has 1 aliphatic heterocycles. The molecule has 1 aliphatic rings. The number of pyridine rings is 1. The third-order valence-corrected chi connectivity index (χ3v) is 7.58. The van der Waals surface area contributed by atoms with Crippen molar-refractivity contribution in [3.05, 3.63) is 111 Å². The number of nitrogens with zero attached hydrogens (tertiary/aromatic N) is 6. The average molecular weight is 540 g/mol. The zero-order chi connectivity index (χ0) is 27.6. The van der Waals surface area contributed by atoms with Crippen molar-refractivity contribution in [2.75, 3.05) is 38.2 Å². The van der Waals surface area contributed by atoms with Crippen molar-refractivity contribution in [2.45, 2.75) is 19.5 Å². The van der Waals surface area contributed by atoms with E-state index in [1.165, 1.54) is 6.07 Å². The molecule has 0 saturated carbocycles. The first-order valence-electron chi connectivity index (χ1n) is 13.3. The van der Waals surface area contributed by atoms with Gasteiger partial charge in [0.15, 0.2) is 5.82 Å². The van der Waals surface area contributed by atoms with Crippen LogP contribution in [0.25, 0.3) is 10.9 Å². The Balaban J connectivity index is 1.38. The third-order valence-electron chi connectivity index (χ3n) is 7.58. The Labute approximate surface area is 230 Å². The quantitative estimate of drug-likeness (QED) is 0.335. The summed E-state index contributed by atoms with van der Waals surface area (Å²) in [6, 6.07) is 22.0. The van der Waals surface area contributed by atoms with E-state index in [0.29, 0.717) is 49.8 Å². The maximum atomic E-state index is 14.5. The topological polar surface area (TPSA) is 92.2 Å². The maximum Gasteiger partial charge on any atom is 0.253 e. The van der Waals surface area contributed by atoms with Gasteiger partial charge in [-0.05, 0) is 64.2 Å². The van der Waals surface area contributed by atoms with Gasteiger partial charge in [0.25, 0.3) is 5.56 Å². The lowest BCUT2D eigenvalue weighted by Gasteiger charge is -2.39. The Morgan fingerprint density at radius 2 is 1.77 bits per heavy atom. The summed E-state index contributed by atoms with van der Waals surface area (Å²) in [7, 11) is 1.63. The van der Waals surface area contributed by atoms with Crippen LogP contribution in [-0.2, 0) is 6.54 Å². The number of ether oxygens (including phenoxy) is 1. The Hall–Kier alpha value is -4.57. The molecule has 2 aromatic heterocycles. The summed E-state index contributed by atoms with van der Waals surface area (Å²) < 4.78 is 21.6. The smallest absolute Gasteiger partial charge is 0.253 e. The van der Waals surface area contributed by atoms with Gasteiger partial charge in [0.05, 0.1) is 24.9 Å². The summed E-state index contributed by atoms with van der Waals surface area (Å²) in [6.45, 7) is 4.80. The molecular weight excluding hydrogens is 509 g/mol. The number of fused-ring (bicyclic) bond motifs is 1. The van der Waals surface area contributed by atoms with Crippen molar-refractivity contribution in [1.29, 1.82) is 0 Å². The minimum absolute atomic E-state index is 0.178.